The fourth-order valence-electron chi connectivity index (χ4n) is 2.14. The number of anilines is 3. The second-order valence-corrected chi connectivity index (χ2v) is 4.61. The van der Waals surface area contributed by atoms with Crippen LogP contribution in [0.2, 0.25) is 0 Å². The highest BCUT2D eigenvalue weighted by molar-refractivity contribution is 5.69. The van der Waals surface area contributed by atoms with E-state index < -0.39 is 0 Å². The predicted molar refractivity (Wildman–Crippen MR) is 84.6 cm³/mol. The Morgan fingerprint density at radius 3 is 2.62 bits per heavy atom. The van der Waals surface area contributed by atoms with Crippen LogP contribution in [0.5, 0.6) is 0 Å². The molecule has 0 saturated heterocycles. The van der Waals surface area contributed by atoms with Gasteiger partial charge in [-0.15, -0.1) is 0 Å². The summed E-state index contributed by atoms with van der Waals surface area (Å²) in [6, 6.07) is 9.60. The largest absolute Gasteiger partial charge is 0.370 e. The maximum Gasteiger partial charge on any atom is 0.139 e. The topological polar surface area (TPSA) is 73.6 Å². The van der Waals surface area contributed by atoms with Gasteiger partial charge in [0.2, 0.25) is 0 Å². The van der Waals surface area contributed by atoms with E-state index >= 15 is 0 Å². The third-order valence-electron chi connectivity index (χ3n) is 3.09. The standard InChI is InChI=1S/C16H19N5/c1-3-7-13-15(18-4-2)19-11-20-16(13)21-14-9-6-5-8-12(14)10-17/h5-6,8-9,11H,3-4,7H2,1-2H3,(H2,18,19,20,21). The van der Waals surface area contributed by atoms with Gasteiger partial charge in [0.05, 0.1) is 11.3 Å². The van der Waals surface area contributed by atoms with E-state index in [4.69, 9.17) is 0 Å². The van der Waals surface area contributed by atoms with Gasteiger partial charge in [0.25, 0.3) is 0 Å². The average molecular weight is 281 g/mol. The lowest BCUT2D eigenvalue weighted by Gasteiger charge is -2.15. The summed E-state index contributed by atoms with van der Waals surface area (Å²) in [6.07, 6.45) is 3.41. The second kappa shape index (κ2) is 7.25. The van der Waals surface area contributed by atoms with Crippen molar-refractivity contribution in [2.75, 3.05) is 17.2 Å². The molecule has 2 rings (SSSR count). The molecule has 0 spiro atoms. The zero-order valence-corrected chi connectivity index (χ0v) is 12.3. The summed E-state index contributed by atoms with van der Waals surface area (Å²) in [5, 5.41) is 15.7. The van der Waals surface area contributed by atoms with E-state index in [0.717, 1.165) is 42.3 Å². The van der Waals surface area contributed by atoms with E-state index in [1.807, 2.05) is 25.1 Å². The highest BCUT2D eigenvalue weighted by Crippen LogP contribution is 2.26. The van der Waals surface area contributed by atoms with Gasteiger partial charge in [-0.05, 0) is 25.5 Å². The Bertz CT molecular complexity index is 645. The molecule has 0 atom stereocenters. The van der Waals surface area contributed by atoms with Crippen LogP contribution >= 0.6 is 0 Å². The summed E-state index contributed by atoms with van der Waals surface area (Å²) in [7, 11) is 0. The van der Waals surface area contributed by atoms with Gasteiger partial charge in [-0.25, -0.2) is 9.97 Å². The quantitative estimate of drug-likeness (QED) is 0.848. The lowest BCUT2D eigenvalue weighted by Crippen LogP contribution is -2.08. The molecule has 0 saturated carbocycles. The first kappa shape index (κ1) is 14.8. The molecular weight excluding hydrogens is 262 g/mol. The average Bonchev–Trinajstić information content (AvgIpc) is 2.51. The Balaban J connectivity index is 2.39. The monoisotopic (exact) mass is 281 g/mol. The van der Waals surface area contributed by atoms with Gasteiger partial charge in [0, 0.05) is 12.1 Å². The van der Waals surface area contributed by atoms with E-state index in [-0.39, 0.29) is 0 Å². The molecule has 0 amide bonds. The lowest BCUT2D eigenvalue weighted by molar-refractivity contribution is 0.902. The van der Waals surface area contributed by atoms with Crippen LogP contribution in [0, 0.1) is 11.3 Å². The number of para-hydroxylation sites is 1. The van der Waals surface area contributed by atoms with Crippen LogP contribution in [-0.2, 0) is 6.42 Å². The van der Waals surface area contributed by atoms with Gasteiger partial charge in [-0.2, -0.15) is 5.26 Å². The minimum atomic E-state index is 0.601. The highest BCUT2D eigenvalue weighted by Gasteiger charge is 2.11. The minimum Gasteiger partial charge on any atom is -0.370 e. The van der Waals surface area contributed by atoms with E-state index in [0.29, 0.717) is 5.56 Å². The molecule has 21 heavy (non-hydrogen) atoms. The molecule has 0 aliphatic carbocycles. The lowest BCUT2D eigenvalue weighted by atomic mass is 10.1. The van der Waals surface area contributed by atoms with Crippen molar-refractivity contribution >= 4 is 17.3 Å². The Labute approximate surface area is 125 Å². The van der Waals surface area contributed by atoms with Crippen LogP contribution in [-0.4, -0.2) is 16.5 Å². The zero-order valence-electron chi connectivity index (χ0n) is 12.3. The summed E-state index contributed by atoms with van der Waals surface area (Å²) in [5.41, 5.74) is 2.41. The summed E-state index contributed by atoms with van der Waals surface area (Å²) >= 11 is 0. The highest BCUT2D eigenvalue weighted by atomic mass is 15.1. The predicted octanol–water partition coefficient (Wildman–Crippen LogP) is 3.48. The van der Waals surface area contributed by atoms with Crippen molar-refractivity contribution in [1.29, 1.82) is 5.26 Å². The fourth-order valence-corrected chi connectivity index (χ4v) is 2.14. The number of hydrogen-bond acceptors (Lipinski definition) is 5. The van der Waals surface area contributed by atoms with Crippen LogP contribution in [0.3, 0.4) is 0 Å². The van der Waals surface area contributed by atoms with Crippen molar-refractivity contribution in [3.63, 3.8) is 0 Å². The fraction of sp³-hybridized carbons (Fsp3) is 0.312. The van der Waals surface area contributed by atoms with Gasteiger partial charge in [0.1, 0.15) is 24.0 Å². The molecule has 1 heterocycles. The van der Waals surface area contributed by atoms with Crippen LogP contribution in [0.4, 0.5) is 17.3 Å². The van der Waals surface area contributed by atoms with Crippen molar-refractivity contribution < 1.29 is 0 Å². The first-order chi connectivity index (χ1) is 10.3. The van der Waals surface area contributed by atoms with Gasteiger partial charge in [-0.3, -0.25) is 0 Å². The van der Waals surface area contributed by atoms with Crippen LogP contribution in [0.1, 0.15) is 31.4 Å². The molecule has 1 aromatic carbocycles. The molecule has 1 aromatic heterocycles. The summed E-state index contributed by atoms with van der Waals surface area (Å²) in [5.74, 6) is 1.61. The summed E-state index contributed by atoms with van der Waals surface area (Å²) in [6.45, 7) is 4.97. The molecule has 108 valence electrons. The second-order valence-electron chi connectivity index (χ2n) is 4.61. The molecule has 0 aliphatic heterocycles. The summed E-state index contributed by atoms with van der Waals surface area (Å²) in [4.78, 5) is 8.64. The van der Waals surface area contributed by atoms with Gasteiger partial charge < -0.3 is 10.6 Å². The molecule has 0 fully saturated rings. The number of nitrogens with one attached hydrogen (secondary N) is 2. The van der Waals surface area contributed by atoms with Gasteiger partial charge >= 0.3 is 0 Å². The molecule has 5 nitrogen and oxygen atoms in total. The van der Waals surface area contributed by atoms with E-state index in [2.05, 4.69) is 33.6 Å². The molecule has 5 heteroatoms. The number of benzene rings is 1. The molecule has 0 radical (unpaired) electrons. The maximum absolute atomic E-state index is 9.17. The molecule has 2 aromatic rings. The van der Waals surface area contributed by atoms with Crippen LogP contribution < -0.4 is 10.6 Å². The number of hydrogen-bond donors (Lipinski definition) is 2. The third kappa shape index (κ3) is 3.48. The van der Waals surface area contributed by atoms with Crippen LogP contribution in [0.15, 0.2) is 30.6 Å². The smallest absolute Gasteiger partial charge is 0.139 e. The molecule has 0 unspecified atom stereocenters. The normalized spacial score (nSPS) is 9.95. The molecular formula is C16H19N5. The number of rotatable bonds is 6. The third-order valence-corrected chi connectivity index (χ3v) is 3.09. The zero-order chi connectivity index (χ0) is 15.1. The Morgan fingerprint density at radius 2 is 1.90 bits per heavy atom. The maximum atomic E-state index is 9.17. The van der Waals surface area contributed by atoms with E-state index in [1.165, 1.54) is 6.33 Å². The van der Waals surface area contributed by atoms with E-state index in [9.17, 15) is 5.26 Å². The van der Waals surface area contributed by atoms with Crippen molar-refractivity contribution in [3.05, 3.63) is 41.7 Å². The summed E-state index contributed by atoms with van der Waals surface area (Å²) < 4.78 is 0. The Morgan fingerprint density at radius 1 is 1.14 bits per heavy atom. The first-order valence-corrected chi connectivity index (χ1v) is 7.14. The molecule has 0 aliphatic rings. The Hall–Kier alpha value is -2.61. The van der Waals surface area contributed by atoms with Crippen molar-refractivity contribution in [2.45, 2.75) is 26.7 Å². The van der Waals surface area contributed by atoms with Crippen molar-refractivity contribution in [2.24, 2.45) is 0 Å². The van der Waals surface area contributed by atoms with E-state index in [1.54, 1.807) is 6.07 Å². The van der Waals surface area contributed by atoms with Gasteiger partial charge in [-0.1, -0.05) is 25.5 Å². The van der Waals surface area contributed by atoms with Gasteiger partial charge in [0.15, 0.2) is 0 Å². The Kier molecular flexibility index (Phi) is 5.10. The number of nitriles is 1. The van der Waals surface area contributed by atoms with Crippen molar-refractivity contribution in [3.8, 4) is 6.07 Å². The van der Waals surface area contributed by atoms with Crippen molar-refractivity contribution in [1.82, 2.24) is 9.97 Å². The number of nitrogens with zero attached hydrogens (tertiary/aromatic N) is 3. The van der Waals surface area contributed by atoms with Crippen LogP contribution in [0.25, 0.3) is 0 Å². The minimum absolute atomic E-state index is 0.601. The SMILES string of the molecule is CCCc1c(NCC)ncnc1Nc1ccccc1C#N. The number of aromatic nitrogens is 2. The molecule has 2 N–H and O–H groups in total. The molecule has 0 bridgehead atoms. The first-order valence-electron chi connectivity index (χ1n) is 7.14.